The maximum absolute atomic E-state index is 12.4. The van der Waals surface area contributed by atoms with E-state index in [1.54, 1.807) is 48.5 Å². The third kappa shape index (κ3) is 4.32. The van der Waals surface area contributed by atoms with Gasteiger partial charge in [-0.2, -0.15) is 0 Å². The number of nitrogens with two attached hydrogens (primary N) is 1. The van der Waals surface area contributed by atoms with Crippen LogP contribution >= 0.6 is 11.6 Å². The van der Waals surface area contributed by atoms with Gasteiger partial charge in [0.15, 0.2) is 0 Å². The number of nitrogens with one attached hydrogen (secondary N) is 1. The SMILES string of the molecule is C/C=C1\C=CC(NC(=O)c2cccc(Oc3ccc(N)cc3Cl)c2)=NC1. The summed E-state index contributed by atoms with van der Waals surface area (Å²) in [6, 6.07) is 11.8. The number of dihydropyridines is 1. The molecule has 0 fully saturated rings. The Hall–Kier alpha value is -3.05. The molecule has 0 atom stereocenters. The van der Waals surface area contributed by atoms with Crippen molar-refractivity contribution in [3.05, 3.63) is 76.9 Å². The molecule has 0 radical (unpaired) electrons. The van der Waals surface area contributed by atoms with Crippen molar-refractivity contribution >= 4 is 29.0 Å². The van der Waals surface area contributed by atoms with Crippen LogP contribution < -0.4 is 15.8 Å². The molecular formula is C20H18ClN3O2. The van der Waals surface area contributed by atoms with Crippen molar-refractivity contribution in [1.82, 2.24) is 5.32 Å². The summed E-state index contributed by atoms with van der Waals surface area (Å²) in [7, 11) is 0. The highest BCUT2D eigenvalue weighted by Gasteiger charge is 2.11. The number of carbonyl (C=O) groups excluding carboxylic acids is 1. The number of aliphatic imine (C=N–C) groups is 1. The van der Waals surface area contributed by atoms with Crippen LogP contribution in [-0.4, -0.2) is 18.3 Å². The number of amidine groups is 1. The first-order chi connectivity index (χ1) is 12.5. The molecule has 0 aromatic heterocycles. The first-order valence-corrected chi connectivity index (χ1v) is 8.45. The van der Waals surface area contributed by atoms with Crippen LogP contribution in [0.4, 0.5) is 5.69 Å². The number of ether oxygens (including phenoxy) is 1. The molecule has 0 spiro atoms. The summed E-state index contributed by atoms with van der Waals surface area (Å²) in [5.74, 6) is 1.25. The Morgan fingerprint density at radius 2 is 2.12 bits per heavy atom. The summed E-state index contributed by atoms with van der Waals surface area (Å²) in [5.41, 5.74) is 7.80. The first-order valence-electron chi connectivity index (χ1n) is 8.07. The Balaban J connectivity index is 1.72. The molecule has 26 heavy (non-hydrogen) atoms. The fourth-order valence-electron chi connectivity index (χ4n) is 2.35. The lowest BCUT2D eigenvalue weighted by molar-refractivity contribution is 0.0977. The predicted molar refractivity (Wildman–Crippen MR) is 105 cm³/mol. The van der Waals surface area contributed by atoms with Crippen molar-refractivity contribution in [1.29, 1.82) is 0 Å². The van der Waals surface area contributed by atoms with Gasteiger partial charge < -0.3 is 15.8 Å². The van der Waals surface area contributed by atoms with E-state index in [0.29, 0.717) is 40.2 Å². The average Bonchev–Trinajstić information content (AvgIpc) is 2.65. The van der Waals surface area contributed by atoms with Gasteiger partial charge in [0.1, 0.15) is 17.3 Å². The molecule has 0 unspecified atom stereocenters. The van der Waals surface area contributed by atoms with Crippen molar-refractivity contribution in [3.63, 3.8) is 0 Å². The maximum Gasteiger partial charge on any atom is 0.256 e. The second kappa shape index (κ2) is 7.89. The quantitative estimate of drug-likeness (QED) is 0.791. The Bertz CT molecular complexity index is 932. The number of nitrogens with zero attached hydrogens (tertiary/aromatic N) is 1. The molecule has 3 N–H and O–H groups in total. The summed E-state index contributed by atoms with van der Waals surface area (Å²) in [6.45, 7) is 2.51. The number of rotatable bonds is 3. The normalized spacial score (nSPS) is 14.8. The molecule has 2 aromatic rings. The van der Waals surface area contributed by atoms with Crippen LogP contribution in [0.15, 0.2) is 71.3 Å². The standard InChI is InChI=1S/C20H18ClN3O2/c1-2-13-6-9-19(23-12-13)24-20(25)14-4-3-5-16(10-14)26-18-8-7-15(22)11-17(18)21/h2-11H,12,22H2,1H3,(H,23,24,25)/b13-2+. The number of hydrogen-bond donors (Lipinski definition) is 2. The molecule has 0 saturated heterocycles. The Morgan fingerprint density at radius 1 is 1.27 bits per heavy atom. The van der Waals surface area contributed by atoms with Crippen LogP contribution in [0.25, 0.3) is 0 Å². The highest BCUT2D eigenvalue weighted by atomic mass is 35.5. The fraction of sp³-hybridized carbons (Fsp3) is 0.100. The van der Waals surface area contributed by atoms with Crippen molar-refractivity contribution in [3.8, 4) is 11.5 Å². The zero-order valence-corrected chi connectivity index (χ0v) is 15.0. The number of carbonyl (C=O) groups is 1. The van der Waals surface area contributed by atoms with Crippen molar-refractivity contribution in [2.24, 2.45) is 4.99 Å². The Labute approximate surface area is 156 Å². The van der Waals surface area contributed by atoms with Gasteiger partial charge in [-0.15, -0.1) is 0 Å². The minimum atomic E-state index is -0.258. The molecule has 0 saturated carbocycles. The van der Waals surface area contributed by atoms with Gasteiger partial charge in [0.25, 0.3) is 5.91 Å². The molecule has 1 aliphatic heterocycles. The fourth-order valence-corrected chi connectivity index (χ4v) is 2.58. The van der Waals surface area contributed by atoms with E-state index in [-0.39, 0.29) is 5.91 Å². The number of hydrogen-bond acceptors (Lipinski definition) is 4. The molecule has 0 aliphatic carbocycles. The summed E-state index contributed by atoms with van der Waals surface area (Å²) in [6.07, 6.45) is 5.71. The lowest BCUT2D eigenvalue weighted by Gasteiger charge is -2.11. The lowest BCUT2D eigenvalue weighted by Crippen LogP contribution is -2.30. The maximum atomic E-state index is 12.4. The van der Waals surface area contributed by atoms with Crippen LogP contribution in [0.3, 0.4) is 0 Å². The van der Waals surface area contributed by atoms with Gasteiger partial charge in [-0.3, -0.25) is 9.79 Å². The number of nitrogen functional groups attached to an aromatic ring is 1. The van der Waals surface area contributed by atoms with Gasteiger partial charge >= 0.3 is 0 Å². The number of benzene rings is 2. The number of halogens is 1. The van der Waals surface area contributed by atoms with Crippen LogP contribution in [0.2, 0.25) is 5.02 Å². The van der Waals surface area contributed by atoms with E-state index in [4.69, 9.17) is 22.1 Å². The minimum Gasteiger partial charge on any atom is -0.456 e. The van der Waals surface area contributed by atoms with E-state index in [2.05, 4.69) is 10.3 Å². The molecule has 6 heteroatoms. The monoisotopic (exact) mass is 367 g/mol. The van der Waals surface area contributed by atoms with Crippen LogP contribution in [-0.2, 0) is 0 Å². The van der Waals surface area contributed by atoms with Crippen LogP contribution in [0.1, 0.15) is 17.3 Å². The van der Waals surface area contributed by atoms with E-state index in [0.717, 1.165) is 5.57 Å². The molecule has 1 aliphatic rings. The molecular weight excluding hydrogens is 350 g/mol. The predicted octanol–water partition coefficient (Wildman–Crippen LogP) is 4.36. The smallest absolute Gasteiger partial charge is 0.256 e. The number of amides is 1. The van der Waals surface area contributed by atoms with Gasteiger partial charge in [-0.25, -0.2) is 0 Å². The zero-order chi connectivity index (χ0) is 18.5. The van der Waals surface area contributed by atoms with Crippen molar-refractivity contribution in [2.75, 3.05) is 12.3 Å². The van der Waals surface area contributed by atoms with Gasteiger partial charge in [-0.05, 0) is 55.0 Å². The van der Waals surface area contributed by atoms with Crippen molar-refractivity contribution in [2.45, 2.75) is 6.92 Å². The summed E-state index contributed by atoms with van der Waals surface area (Å²) in [5, 5.41) is 3.19. The second-order valence-electron chi connectivity index (χ2n) is 5.67. The second-order valence-corrected chi connectivity index (χ2v) is 6.08. The first kappa shape index (κ1) is 17.8. The lowest BCUT2D eigenvalue weighted by atomic mass is 10.1. The number of anilines is 1. The van der Waals surface area contributed by atoms with E-state index < -0.39 is 0 Å². The molecule has 0 bridgehead atoms. The third-order valence-electron chi connectivity index (χ3n) is 3.78. The van der Waals surface area contributed by atoms with Crippen LogP contribution in [0, 0.1) is 0 Å². The Kier molecular flexibility index (Phi) is 5.39. The van der Waals surface area contributed by atoms with Gasteiger partial charge in [0.2, 0.25) is 0 Å². The van der Waals surface area contributed by atoms with Crippen molar-refractivity contribution < 1.29 is 9.53 Å². The topological polar surface area (TPSA) is 76.7 Å². The van der Waals surface area contributed by atoms with Gasteiger partial charge in [0, 0.05) is 11.3 Å². The molecule has 5 nitrogen and oxygen atoms in total. The van der Waals surface area contributed by atoms with E-state index in [9.17, 15) is 4.79 Å². The largest absolute Gasteiger partial charge is 0.456 e. The molecule has 132 valence electrons. The van der Waals surface area contributed by atoms with E-state index >= 15 is 0 Å². The molecule has 3 rings (SSSR count). The van der Waals surface area contributed by atoms with Gasteiger partial charge in [0.05, 0.1) is 11.6 Å². The average molecular weight is 368 g/mol. The van der Waals surface area contributed by atoms with E-state index in [1.807, 2.05) is 19.1 Å². The van der Waals surface area contributed by atoms with Crippen LogP contribution in [0.5, 0.6) is 11.5 Å². The summed E-state index contributed by atoms with van der Waals surface area (Å²) < 4.78 is 5.75. The van der Waals surface area contributed by atoms with E-state index in [1.165, 1.54) is 0 Å². The molecule has 1 heterocycles. The highest BCUT2D eigenvalue weighted by Crippen LogP contribution is 2.31. The Morgan fingerprint density at radius 3 is 2.81 bits per heavy atom. The number of allylic oxidation sites excluding steroid dienone is 1. The third-order valence-corrected chi connectivity index (χ3v) is 4.07. The zero-order valence-electron chi connectivity index (χ0n) is 14.2. The molecule has 2 aromatic carbocycles. The summed E-state index contributed by atoms with van der Waals surface area (Å²) >= 11 is 6.12. The minimum absolute atomic E-state index is 0.258. The molecule has 1 amide bonds. The van der Waals surface area contributed by atoms with Gasteiger partial charge in [-0.1, -0.05) is 29.8 Å². The summed E-state index contributed by atoms with van der Waals surface area (Å²) in [4.78, 5) is 16.8. The highest BCUT2D eigenvalue weighted by molar-refractivity contribution is 6.32.